The number of imidazole rings is 1. The van der Waals surface area contributed by atoms with Gasteiger partial charge in [-0.25, -0.2) is 4.98 Å². The molecule has 6 rings (SSSR count). The van der Waals surface area contributed by atoms with Crippen LogP contribution in [-0.2, 0) is 21.0 Å². The Hall–Kier alpha value is -2.50. The smallest absolute Gasteiger partial charge is 0.312 e. The number of rotatable bonds is 7. The van der Waals surface area contributed by atoms with E-state index in [0.29, 0.717) is 5.92 Å². The monoisotopic (exact) mass is 447 g/mol. The van der Waals surface area contributed by atoms with E-state index in [4.69, 9.17) is 15.2 Å². The van der Waals surface area contributed by atoms with E-state index in [2.05, 4.69) is 27.6 Å². The van der Waals surface area contributed by atoms with E-state index in [1.54, 1.807) is 0 Å². The topological polar surface area (TPSA) is 173 Å². The van der Waals surface area contributed by atoms with Gasteiger partial charge in [-0.05, 0) is 30.6 Å². The van der Waals surface area contributed by atoms with Crippen LogP contribution in [0.25, 0.3) is 11.2 Å². The number of nitrogen functional groups attached to an aromatic ring is 1. The summed E-state index contributed by atoms with van der Waals surface area (Å²) in [6, 6.07) is 0. The zero-order valence-electron chi connectivity index (χ0n) is 18.3. The summed E-state index contributed by atoms with van der Waals surface area (Å²) in [4.78, 5) is 35.6. The van der Waals surface area contributed by atoms with Crippen molar-refractivity contribution >= 4 is 23.1 Å². The van der Waals surface area contributed by atoms with Crippen LogP contribution in [0.3, 0.4) is 0 Å². The van der Waals surface area contributed by atoms with Gasteiger partial charge in [0, 0.05) is 19.3 Å². The van der Waals surface area contributed by atoms with Crippen molar-refractivity contribution in [1.82, 2.24) is 19.5 Å². The molecule has 5 unspecified atom stereocenters. The summed E-state index contributed by atoms with van der Waals surface area (Å²) in [5, 5.41) is 9.74. The first-order chi connectivity index (χ1) is 15.1. The average Bonchev–Trinajstić information content (AvgIpc) is 3.08. The lowest BCUT2D eigenvalue weighted by Crippen LogP contribution is -2.81. The van der Waals surface area contributed by atoms with Crippen molar-refractivity contribution in [3.63, 3.8) is 0 Å². The van der Waals surface area contributed by atoms with Crippen LogP contribution in [0.5, 0.6) is 0 Å². The Morgan fingerprint density at radius 1 is 1.41 bits per heavy atom. The summed E-state index contributed by atoms with van der Waals surface area (Å²) < 4.78 is 12.9. The molecular formula is C21H31N6O5+. The minimum atomic E-state index is -0.714. The molecule has 4 aliphatic rings. The number of aliphatic hydroxyl groups is 1. The van der Waals surface area contributed by atoms with Gasteiger partial charge in [-0.1, -0.05) is 6.92 Å². The molecule has 11 nitrogen and oxygen atoms in total. The number of esters is 1. The Morgan fingerprint density at radius 2 is 2.22 bits per heavy atom. The van der Waals surface area contributed by atoms with Gasteiger partial charge < -0.3 is 26.0 Å². The Labute approximate surface area is 184 Å². The Morgan fingerprint density at radius 3 is 2.94 bits per heavy atom. The van der Waals surface area contributed by atoms with E-state index < -0.39 is 17.1 Å². The van der Waals surface area contributed by atoms with E-state index in [1.165, 1.54) is 17.3 Å². The van der Waals surface area contributed by atoms with Crippen molar-refractivity contribution in [3.8, 4) is 0 Å². The highest BCUT2D eigenvalue weighted by atomic mass is 16.6. The lowest BCUT2D eigenvalue weighted by Gasteiger charge is -2.61. The van der Waals surface area contributed by atoms with Crippen molar-refractivity contribution < 1.29 is 25.1 Å². The van der Waals surface area contributed by atoms with Crippen LogP contribution in [0.1, 0.15) is 45.4 Å². The average molecular weight is 448 g/mol. The van der Waals surface area contributed by atoms with Crippen LogP contribution >= 0.6 is 0 Å². The summed E-state index contributed by atoms with van der Waals surface area (Å²) in [5.74, 6) is 0.310. The predicted octanol–water partition coefficient (Wildman–Crippen LogP) is -0.449. The molecule has 7 N–H and O–H groups in total. The number of carbonyl (C=O) groups is 1. The van der Waals surface area contributed by atoms with E-state index in [0.717, 1.165) is 32.1 Å². The van der Waals surface area contributed by atoms with Gasteiger partial charge >= 0.3 is 5.97 Å². The zero-order valence-corrected chi connectivity index (χ0v) is 18.3. The maximum absolute atomic E-state index is 13.2. The lowest BCUT2D eigenvalue weighted by molar-refractivity contribution is -0.513. The van der Waals surface area contributed by atoms with Gasteiger partial charge in [0.1, 0.15) is 19.4 Å². The van der Waals surface area contributed by atoms with Gasteiger partial charge in [-0.2, -0.15) is 4.98 Å². The molecule has 0 aromatic carbocycles. The van der Waals surface area contributed by atoms with Crippen molar-refractivity contribution in [2.45, 2.75) is 63.8 Å². The van der Waals surface area contributed by atoms with Crippen molar-refractivity contribution in [3.05, 3.63) is 16.7 Å². The Kier molecular flexibility index (Phi) is 4.84. The molecule has 4 bridgehead atoms. The number of carbonyl (C=O) groups excluding carboxylic acids is 1. The molecule has 0 amide bonds. The number of aromatic nitrogens is 4. The van der Waals surface area contributed by atoms with Crippen LogP contribution in [0.4, 0.5) is 5.95 Å². The molecule has 2 aromatic heterocycles. The number of ether oxygens (including phenoxy) is 2. The number of quaternary nitrogens is 1. The van der Waals surface area contributed by atoms with Crippen LogP contribution in [-0.4, -0.2) is 55.5 Å². The molecule has 4 saturated carbocycles. The molecule has 32 heavy (non-hydrogen) atoms. The number of aromatic amines is 1. The molecule has 0 saturated heterocycles. The van der Waals surface area contributed by atoms with Gasteiger partial charge in [-0.15, -0.1) is 0 Å². The highest BCUT2D eigenvalue weighted by Gasteiger charge is 2.65. The molecule has 174 valence electrons. The third-order valence-electron chi connectivity index (χ3n) is 7.44. The standard InChI is InChI=1S/C21H30N6O5/c1-19-2-12-3-20(7-19,9-21(23,4-12)8-19)17(30)31-6-13(5-28)32-11-27-10-24-14-15(27)25-18(22)26-16(14)29/h10,12-13,28H,2-9,11,23H2,1H3,(H3,22,25,26,29)/p+1. The predicted molar refractivity (Wildman–Crippen MR) is 113 cm³/mol. The number of hydrogen-bond acceptors (Lipinski definition) is 8. The quantitative estimate of drug-likeness (QED) is 0.413. The van der Waals surface area contributed by atoms with Gasteiger partial charge in [0.25, 0.3) is 5.56 Å². The van der Waals surface area contributed by atoms with Crippen molar-refractivity contribution in [1.29, 1.82) is 0 Å². The van der Waals surface area contributed by atoms with Crippen LogP contribution in [0.15, 0.2) is 11.1 Å². The molecule has 4 fully saturated rings. The Bertz CT molecular complexity index is 1090. The van der Waals surface area contributed by atoms with Gasteiger partial charge in [-0.3, -0.25) is 19.1 Å². The number of hydrogen-bond donors (Lipinski definition) is 4. The molecule has 0 aliphatic heterocycles. The SMILES string of the molecule is CC12CC3CC([NH3+])(C1)CC(C(=O)OCC(CO)OCn1cnc4c(=O)[nH]c(N)nc41)(C3)C2. The summed E-state index contributed by atoms with van der Waals surface area (Å²) >= 11 is 0. The molecular weight excluding hydrogens is 416 g/mol. The molecule has 4 aliphatic carbocycles. The van der Waals surface area contributed by atoms with Crippen LogP contribution < -0.4 is 17.0 Å². The summed E-state index contributed by atoms with van der Waals surface area (Å²) in [6.45, 7) is 1.89. The van der Waals surface area contributed by atoms with Crippen molar-refractivity contribution in [2.24, 2.45) is 16.7 Å². The number of anilines is 1. The van der Waals surface area contributed by atoms with E-state index >= 15 is 0 Å². The molecule has 5 atom stereocenters. The maximum Gasteiger partial charge on any atom is 0.312 e. The Balaban J connectivity index is 1.23. The third kappa shape index (κ3) is 3.57. The summed E-state index contributed by atoms with van der Waals surface area (Å²) in [5.41, 5.74) is 9.73. The highest BCUT2D eigenvalue weighted by Crippen LogP contribution is 2.65. The number of nitrogens with one attached hydrogen (secondary N) is 1. The van der Waals surface area contributed by atoms with Crippen molar-refractivity contribution in [2.75, 3.05) is 18.9 Å². The first kappa shape index (κ1) is 21.4. The number of nitrogens with zero attached hydrogens (tertiary/aromatic N) is 3. The van der Waals surface area contributed by atoms with E-state index in [-0.39, 0.29) is 54.0 Å². The number of H-pyrrole nitrogens is 1. The van der Waals surface area contributed by atoms with Gasteiger partial charge in [0.15, 0.2) is 11.2 Å². The summed E-state index contributed by atoms with van der Waals surface area (Å²) in [6.07, 6.45) is 6.53. The van der Waals surface area contributed by atoms with Gasteiger partial charge in [0.05, 0.1) is 23.9 Å². The number of fused-ring (bicyclic) bond motifs is 1. The second-order valence-corrected chi connectivity index (χ2v) is 10.6. The number of aliphatic hydroxyl groups excluding tert-OH is 1. The fourth-order valence-corrected chi connectivity index (χ4v) is 7.09. The van der Waals surface area contributed by atoms with E-state index in [9.17, 15) is 14.7 Å². The lowest BCUT2D eigenvalue weighted by atomic mass is 9.42. The second-order valence-electron chi connectivity index (χ2n) is 10.6. The molecule has 11 heteroatoms. The molecule has 0 radical (unpaired) electrons. The van der Waals surface area contributed by atoms with Gasteiger partial charge in [0.2, 0.25) is 5.95 Å². The van der Waals surface area contributed by atoms with Crippen LogP contribution in [0.2, 0.25) is 0 Å². The van der Waals surface area contributed by atoms with Crippen LogP contribution in [0, 0.1) is 16.7 Å². The normalized spacial score (nSPS) is 34.2. The first-order valence-electron chi connectivity index (χ1n) is 11.1. The molecule has 2 aromatic rings. The first-order valence-corrected chi connectivity index (χ1v) is 11.1. The maximum atomic E-state index is 13.2. The second kappa shape index (κ2) is 7.26. The molecule has 2 heterocycles. The number of nitrogens with two attached hydrogens (primary N) is 1. The molecule has 0 spiro atoms. The summed E-state index contributed by atoms with van der Waals surface area (Å²) in [7, 11) is 0. The minimum absolute atomic E-state index is 0.0238. The largest absolute Gasteiger partial charge is 0.462 e. The fraction of sp³-hybridized carbons (Fsp3) is 0.714. The highest BCUT2D eigenvalue weighted by molar-refractivity contribution is 5.78. The zero-order chi connectivity index (χ0) is 22.7. The van der Waals surface area contributed by atoms with E-state index in [1.807, 2.05) is 0 Å². The minimum Gasteiger partial charge on any atom is -0.462 e. The fourth-order valence-electron chi connectivity index (χ4n) is 7.09. The third-order valence-corrected chi connectivity index (χ3v) is 7.44.